The summed E-state index contributed by atoms with van der Waals surface area (Å²) >= 11 is 0. The molecule has 0 bridgehead atoms. The second kappa shape index (κ2) is 17.3. The molecule has 57 heavy (non-hydrogen) atoms. The van der Waals surface area contributed by atoms with Crippen LogP contribution in [-0.2, 0) is 26.5 Å². The van der Waals surface area contributed by atoms with Crippen LogP contribution in [0.3, 0.4) is 0 Å². The van der Waals surface area contributed by atoms with Crippen molar-refractivity contribution in [3.8, 4) is 50.6 Å². The maximum absolute atomic E-state index is 4.68. The van der Waals surface area contributed by atoms with Crippen LogP contribution >= 0.6 is 0 Å². The molecule has 0 N–H and O–H groups in total. The number of rotatable bonds is 7. The van der Waals surface area contributed by atoms with Gasteiger partial charge in [0.25, 0.3) is 0 Å². The standard InChI is InChI=1S/C41H27N3.C11H8N.Ir/c1-3-12-31(13-4-1)38-28-32(22-24-43-38)35-17-10-19-40-41(35)36-27-30(20-21-39(36)44(40)34-15-5-2-6-16-34)25-29-11-9-14-33(26-29)37-18-7-8-23-42-37;1-2-6-10(7-3-1)11-8-4-5-9-12-11;/h1-12,15-24,26-28H,25H2;1-6,8-9H;/q-2;-1;+3. The van der Waals surface area contributed by atoms with Gasteiger partial charge in [0.2, 0.25) is 0 Å². The van der Waals surface area contributed by atoms with Crippen molar-refractivity contribution in [2.75, 3.05) is 0 Å². The number of fused-ring (bicyclic) bond motifs is 3. The Labute approximate surface area is 346 Å². The molecular weight excluding hydrogens is 873 g/mol. The van der Waals surface area contributed by atoms with E-state index >= 15 is 0 Å². The maximum atomic E-state index is 4.68. The van der Waals surface area contributed by atoms with Gasteiger partial charge in [-0.3, -0.25) is 0 Å². The van der Waals surface area contributed by atoms with Crippen molar-refractivity contribution in [3.63, 3.8) is 0 Å². The van der Waals surface area contributed by atoms with E-state index in [2.05, 4.69) is 135 Å². The Kier molecular flexibility index (Phi) is 11.3. The van der Waals surface area contributed by atoms with E-state index in [1.54, 1.807) is 6.20 Å². The van der Waals surface area contributed by atoms with Crippen molar-refractivity contribution in [3.05, 3.63) is 230 Å². The van der Waals surface area contributed by atoms with E-state index < -0.39 is 0 Å². The minimum absolute atomic E-state index is 0. The molecule has 0 spiro atoms. The first-order chi connectivity index (χ1) is 27.8. The summed E-state index contributed by atoms with van der Waals surface area (Å²) in [4.78, 5) is 13.4. The minimum atomic E-state index is 0. The summed E-state index contributed by atoms with van der Waals surface area (Å²) < 4.78 is 2.38. The molecule has 4 aromatic heterocycles. The first-order valence-electron chi connectivity index (χ1n) is 18.6. The smallest absolute Gasteiger partial charge is 0.309 e. The molecule has 0 aliphatic rings. The molecule has 0 saturated carbocycles. The Hall–Kier alpha value is -6.78. The van der Waals surface area contributed by atoms with E-state index in [-0.39, 0.29) is 20.1 Å². The first kappa shape index (κ1) is 37.2. The Morgan fingerprint density at radius 1 is 0.439 bits per heavy atom. The normalized spacial score (nSPS) is 10.7. The zero-order valence-electron chi connectivity index (χ0n) is 30.9. The van der Waals surface area contributed by atoms with E-state index in [1.807, 2.05) is 97.3 Å². The van der Waals surface area contributed by atoms with Gasteiger partial charge in [0.1, 0.15) is 0 Å². The van der Waals surface area contributed by atoms with Crippen molar-refractivity contribution >= 4 is 21.8 Å². The zero-order valence-corrected chi connectivity index (χ0v) is 33.3. The van der Waals surface area contributed by atoms with E-state index in [0.717, 1.165) is 51.4 Å². The average molecular weight is 908 g/mol. The molecule has 4 heterocycles. The van der Waals surface area contributed by atoms with Gasteiger partial charge in [0.15, 0.2) is 0 Å². The largest absolute Gasteiger partial charge is 3.00 e. The summed E-state index contributed by atoms with van der Waals surface area (Å²) in [6.45, 7) is 0. The van der Waals surface area contributed by atoms with Gasteiger partial charge in [-0.2, -0.15) is 0 Å². The van der Waals surface area contributed by atoms with E-state index in [9.17, 15) is 0 Å². The molecule has 0 aliphatic carbocycles. The fourth-order valence-electron chi connectivity index (χ4n) is 7.23. The molecule has 0 fully saturated rings. The van der Waals surface area contributed by atoms with Crippen LogP contribution < -0.4 is 0 Å². The minimum Gasteiger partial charge on any atom is -0.309 e. The predicted molar refractivity (Wildman–Crippen MR) is 228 cm³/mol. The SMILES string of the molecule is [Ir+3].[c-]1ccccc1-c1cc(-c2cccc3c2c2cc(Cc4cc[c-]c(-c5ccccn5)c4)ccc2n3-c2ccccc2)ccn1.[c-]1ccccc1-c1ccccn1. The Morgan fingerprint density at radius 3 is 1.79 bits per heavy atom. The van der Waals surface area contributed by atoms with Crippen molar-refractivity contribution < 1.29 is 20.1 Å². The first-order valence-corrected chi connectivity index (χ1v) is 18.6. The molecular formula is C52H35IrN4. The molecule has 0 amide bonds. The number of nitrogens with zero attached hydrogens (tertiary/aromatic N) is 4. The predicted octanol–water partition coefficient (Wildman–Crippen LogP) is 12.3. The van der Waals surface area contributed by atoms with E-state index in [4.69, 9.17) is 0 Å². The number of benzene rings is 6. The Bertz CT molecular complexity index is 2820. The van der Waals surface area contributed by atoms with Crippen LogP contribution in [0.15, 0.2) is 201 Å². The van der Waals surface area contributed by atoms with Crippen LogP contribution in [0.5, 0.6) is 0 Å². The molecule has 272 valence electrons. The monoisotopic (exact) mass is 908 g/mol. The molecule has 5 heteroatoms. The van der Waals surface area contributed by atoms with Crippen molar-refractivity contribution in [2.24, 2.45) is 0 Å². The van der Waals surface area contributed by atoms with Crippen LogP contribution in [0.1, 0.15) is 11.1 Å². The zero-order chi connectivity index (χ0) is 37.5. The molecule has 0 atom stereocenters. The molecule has 10 aromatic rings. The summed E-state index contributed by atoms with van der Waals surface area (Å²) in [5.41, 5.74) is 14.2. The van der Waals surface area contributed by atoms with Crippen molar-refractivity contribution in [1.82, 2.24) is 19.5 Å². The van der Waals surface area contributed by atoms with Gasteiger partial charge < -0.3 is 19.5 Å². The third-order valence-electron chi connectivity index (χ3n) is 9.79. The molecule has 6 aromatic carbocycles. The van der Waals surface area contributed by atoms with Crippen LogP contribution in [0.4, 0.5) is 0 Å². The van der Waals surface area contributed by atoms with E-state index in [1.165, 1.54) is 38.5 Å². The number of pyridine rings is 3. The number of para-hydroxylation sites is 1. The number of aromatic nitrogens is 4. The summed E-state index contributed by atoms with van der Waals surface area (Å²) in [5.74, 6) is 0. The average Bonchev–Trinajstić information content (AvgIpc) is 3.62. The van der Waals surface area contributed by atoms with Gasteiger partial charge >= 0.3 is 20.1 Å². The Balaban J connectivity index is 0.000000300. The topological polar surface area (TPSA) is 43.6 Å². The van der Waals surface area contributed by atoms with Gasteiger partial charge in [-0.05, 0) is 88.7 Å². The van der Waals surface area contributed by atoms with Crippen LogP contribution in [0.25, 0.3) is 72.4 Å². The number of hydrogen-bond acceptors (Lipinski definition) is 3. The van der Waals surface area contributed by atoms with Gasteiger partial charge in [0.05, 0.1) is 11.0 Å². The Morgan fingerprint density at radius 2 is 1.09 bits per heavy atom. The fraction of sp³-hybridized carbons (Fsp3) is 0.0192. The fourth-order valence-corrected chi connectivity index (χ4v) is 7.23. The van der Waals surface area contributed by atoms with Crippen molar-refractivity contribution in [2.45, 2.75) is 6.42 Å². The molecule has 0 radical (unpaired) electrons. The quantitative estimate of drug-likeness (QED) is 0.150. The van der Waals surface area contributed by atoms with Crippen LogP contribution in [-0.4, -0.2) is 19.5 Å². The summed E-state index contributed by atoms with van der Waals surface area (Å²) in [5, 5.41) is 2.46. The van der Waals surface area contributed by atoms with Crippen LogP contribution in [0.2, 0.25) is 0 Å². The summed E-state index contributed by atoms with van der Waals surface area (Å²) in [6, 6.07) is 72.2. The molecule has 0 saturated heterocycles. The second-order valence-corrected chi connectivity index (χ2v) is 13.4. The van der Waals surface area contributed by atoms with Gasteiger partial charge in [0, 0.05) is 35.1 Å². The maximum Gasteiger partial charge on any atom is 3.00 e. The van der Waals surface area contributed by atoms with Crippen LogP contribution in [0, 0.1) is 18.2 Å². The second-order valence-electron chi connectivity index (χ2n) is 13.4. The molecule has 0 unspecified atom stereocenters. The summed E-state index contributed by atoms with van der Waals surface area (Å²) in [6.07, 6.45) is 6.33. The van der Waals surface area contributed by atoms with Gasteiger partial charge in [-0.1, -0.05) is 66.7 Å². The molecule has 10 rings (SSSR count). The third-order valence-corrected chi connectivity index (χ3v) is 9.79. The van der Waals surface area contributed by atoms with Gasteiger partial charge in [-0.15, -0.1) is 107 Å². The number of hydrogen-bond donors (Lipinski definition) is 0. The van der Waals surface area contributed by atoms with E-state index in [0.29, 0.717) is 0 Å². The molecule has 4 nitrogen and oxygen atoms in total. The van der Waals surface area contributed by atoms with Gasteiger partial charge in [-0.25, -0.2) is 0 Å². The third kappa shape index (κ3) is 8.12. The summed E-state index contributed by atoms with van der Waals surface area (Å²) in [7, 11) is 0. The van der Waals surface area contributed by atoms with Crippen molar-refractivity contribution in [1.29, 1.82) is 0 Å². The molecule has 0 aliphatic heterocycles.